The maximum Gasteiger partial charge on any atom is 0.194 e. The van der Waals surface area contributed by atoms with Crippen LogP contribution in [0.4, 0.5) is 0 Å². The van der Waals surface area contributed by atoms with Crippen molar-refractivity contribution in [3.8, 4) is 0 Å². The standard InChI is InChI=1S/C17H26Cl2N4O.HI/c1-4-20-17(21-10-14-12-22(2)7-8-24-14)23(3)11-13-5-6-15(18)16(19)9-13;/h5-6,9,14H,4,7-8,10-12H2,1-3H3,(H,20,21);1H. The second-order valence-electron chi connectivity index (χ2n) is 6.05. The lowest BCUT2D eigenvalue weighted by Crippen LogP contribution is -2.43. The van der Waals surface area contributed by atoms with Gasteiger partial charge in [-0.3, -0.25) is 4.99 Å². The van der Waals surface area contributed by atoms with Gasteiger partial charge < -0.3 is 19.9 Å². The molecule has 25 heavy (non-hydrogen) atoms. The number of rotatable bonds is 5. The maximum absolute atomic E-state index is 6.10. The van der Waals surface area contributed by atoms with Crippen LogP contribution in [-0.4, -0.2) is 68.7 Å². The van der Waals surface area contributed by atoms with Crippen molar-refractivity contribution in [3.63, 3.8) is 0 Å². The summed E-state index contributed by atoms with van der Waals surface area (Å²) >= 11 is 12.1. The SMILES string of the molecule is CCNC(=NCC1CN(C)CCO1)N(C)Cc1ccc(Cl)c(Cl)c1.I. The van der Waals surface area contributed by atoms with Crippen LogP contribution in [0.15, 0.2) is 23.2 Å². The Bertz CT molecular complexity index is 574. The van der Waals surface area contributed by atoms with Crippen LogP contribution in [0.3, 0.4) is 0 Å². The van der Waals surface area contributed by atoms with Crippen molar-refractivity contribution in [2.24, 2.45) is 4.99 Å². The number of hydrogen-bond acceptors (Lipinski definition) is 3. The molecule has 8 heteroatoms. The minimum atomic E-state index is 0. The topological polar surface area (TPSA) is 40.1 Å². The molecule has 1 aromatic carbocycles. The molecule has 0 saturated carbocycles. The fraction of sp³-hybridized carbons (Fsp3) is 0.588. The second-order valence-corrected chi connectivity index (χ2v) is 6.87. The van der Waals surface area contributed by atoms with E-state index in [0.717, 1.165) is 37.8 Å². The Labute approximate surface area is 177 Å². The average Bonchev–Trinajstić information content (AvgIpc) is 2.55. The van der Waals surface area contributed by atoms with Crippen molar-refractivity contribution < 1.29 is 4.74 Å². The first-order valence-electron chi connectivity index (χ1n) is 8.23. The van der Waals surface area contributed by atoms with E-state index in [-0.39, 0.29) is 30.1 Å². The van der Waals surface area contributed by atoms with Gasteiger partial charge in [0.25, 0.3) is 0 Å². The van der Waals surface area contributed by atoms with Gasteiger partial charge in [-0.1, -0.05) is 29.3 Å². The number of ether oxygens (including phenoxy) is 1. The van der Waals surface area contributed by atoms with E-state index in [9.17, 15) is 0 Å². The Balaban J connectivity index is 0.00000312. The fourth-order valence-electron chi connectivity index (χ4n) is 2.62. The molecule has 0 aliphatic carbocycles. The Hall–Kier alpha value is -0.280. The molecule has 1 atom stereocenters. The minimum Gasteiger partial charge on any atom is -0.374 e. The number of halogens is 3. The van der Waals surface area contributed by atoms with Crippen LogP contribution in [0.2, 0.25) is 10.0 Å². The van der Waals surface area contributed by atoms with E-state index in [4.69, 9.17) is 32.9 Å². The van der Waals surface area contributed by atoms with Crippen LogP contribution in [0.25, 0.3) is 0 Å². The minimum absolute atomic E-state index is 0. The van der Waals surface area contributed by atoms with Gasteiger partial charge in [0.15, 0.2) is 5.96 Å². The monoisotopic (exact) mass is 500 g/mol. The second kappa shape index (κ2) is 11.4. The molecule has 1 unspecified atom stereocenters. The molecular weight excluding hydrogens is 474 g/mol. The van der Waals surface area contributed by atoms with Gasteiger partial charge in [-0.25, -0.2) is 0 Å². The summed E-state index contributed by atoms with van der Waals surface area (Å²) in [7, 11) is 4.12. The van der Waals surface area contributed by atoms with Crippen LogP contribution in [-0.2, 0) is 11.3 Å². The van der Waals surface area contributed by atoms with Crippen molar-refractivity contribution in [3.05, 3.63) is 33.8 Å². The molecule has 1 aromatic rings. The highest BCUT2D eigenvalue weighted by Gasteiger charge is 2.18. The highest BCUT2D eigenvalue weighted by molar-refractivity contribution is 14.0. The summed E-state index contributed by atoms with van der Waals surface area (Å²) in [6.45, 7) is 6.90. The molecule has 0 aromatic heterocycles. The number of nitrogens with one attached hydrogen (secondary N) is 1. The van der Waals surface area contributed by atoms with Gasteiger partial charge in [-0.15, -0.1) is 24.0 Å². The number of guanidine groups is 1. The Morgan fingerprint density at radius 1 is 1.40 bits per heavy atom. The van der Waals surface area contributed by atoms with E-state index >= 15 is 0 Å². The molecule has 5 nitrogen and oxygen atoms in total. The van der Waals surface area contributed by atoms with Gasteiger partial charge in [0.2, 0.25) is 0 Å². The summed E-state index contributed by atoms with van der Waals surface area (Å²) in [6, 6.07) is 5.69. The summed E-state index contributed by atoms with van der Waals surface area (Å²) in [6.07, 6.45) is 0.149. The van der Waals surface area contributed by atoms with Crippen LogP contribution in [0.5, 0.6) is 0 Å². The molecule has 1 fully saturated rings. The number of hydrogen-bond donors (Lipinski definition) is 1. The number of likely N-dealkylation sites (N-methyl/N-ethyl adjacent to an activating group) is 1. The first kappa shape index (κ1) is 22.8. The van der Waals surface area contributed by atoms with E-state index in [0.29, 0.717) is 23.1 Å². The predicted octanol–water partition coefficient (Wildman–Crippen LogP) is 3.34. The Morgan fingerprint density at radius 3 is 2.80 bits per heavy atom. The molecule has 1 aliphatic rings. The zero-order valence-electron chi connectivity index (χ0n) is 15.0. The molecule has 0 radical (unpaired) electrons. The van der Waals surface area contributed by atoms with Crippen molar-refractivity contribution in [2.45, 2.75) is 19.6 Å². The molecule has 1 saturated heterocycles. The quantitative estimate of drug-likeness (QED) is 0.382. The van der Waals surface area contributed by atoms with Gasteiger partial charge in [0, 0.05) is 33.2 Å². The molecule has 0 amide bonds. The van der Waals surface area contributed by atoms with Crippen LogP contribution < -0.4 is 5.32 Å². The van der Waals surface area contributed by atoms with Crippen molar-refractivity contribution in [1.82, 2.24) is 15.1 Å². The van der Waals surface area contributed by atoms with Gasteiger partial charge in [-0.05, 0) is 31.7 Å². The maximum atomic E-state index is 6.10. The zero-order valence-corrected chi connectivity index (χ0v) is 18.8. The van der Waals surface area contributed by atoms with Crippen LogP contribution >= 0.6 is 47.2 Å². The third kappa shape index (κ3) is 7.46. The molecule has 2 rings (SSSR count). The lowest BCUT2D eigenvalue weighted by Gasteiger charge is -2.29. The largest absolute Gasteiger partial charge is 0.374 e. The Kier molecular flexibility index (Phi) is 10.4. The third-order valence-electron chi connectivity index (χ3n) is 3.89. The lowest BCUT2D eigenvalue weighted by molar-refractivity contribution is -0.0137. The van der Waals surface area contributed by atoms with E-state index in [1.165, 1.54) is 0 Å². The van der Waals surface area contributed by atoms with Gasteiger partial charge in [0.1, 0.15) is 0 Å². The highest BCUT2D eigenvalue weighted by atomic mass is 127. The fourth-order valence-corrected chi connectivity index (χ4v) is 2.94. The molecule has 1 heterocycles. The van der Waals surface area contributed by atoms with Gasteiger partial charge in [-0.2, -0.15) is 0 Å². The van der Waals surface area contributed by atoms with E-state index in [1.54, 1.807) is 0 Å². The van der Waals surface area contributed by atoms with Crippen LogP contribution in [0.1, 0.15) is 12.5 Å². The molecule has 0 spiro atoms. The first-order chi connectivity index (χ1) is 11.5. The molecule has 1 aliphatic heterocycles. The van der Waals surface area contributed by atoms with Crippen molar-refractivity contribution in [1.29, 1.82) is 0 Å². The normalized spacial score (nSPS) is 18.6. The highest BCUT2D eigenvalue weighted by Crippen LogP contribution is 2.23. The van der Waals surface area contributed by atoms with E-state index in [2.05, 4.69) is 29.1 Å². The van der Waals surface area contributed by atoms with E-state index in [1.807, 2.05) is 25.2 Å². The summed E-state index contributed by atoms with van der Waals surface area (Å²) in [4.78, 5) is 9.08. The predicted molar refractivity (Wildman–Crippen MR) is 117 cm³/mol. The van der Waals surface area contributed by atoms with Crippen molar-refractivity contribution >= 4 is 53.1 Å². The summed E-state index contributed by atoms with van der Waals surface area (Å²) < 4.78 is 5.78. The Morgan fingerprint density at radius 2 is 2.16 bits per heavy atom. The number of nitrogens with zero attached hydrogens (tertiary/aromatic N) is 3. The smallest absolute Gasteiger partial charge is 0.194 e. The van der Waals surface area contributed by atoms with Crippen LogP contribution in [0, 0.1) is 0 Å². The lowest BCUT2D eigenvalue weighted by atomic mass is 10.2. The summed E-state index contributed by atoms with van der Waals surface area (Å²) in [5, 5.41) is 4.47. The number of morpholine rings is 1. The zero-order chi connectivity index (χ0) is 17.5. The molecule has 0 bridgehead atoms. The third-order valence-corrected chi connectivity index (χ3v) is 4.63. The van der Waals surface area contributed by atoms with Crippen molar-refractivity contribution in [2.75, 3.05) is 46.9 Å². The molecular formula is C17H27Cl2IN4O. The molecule has 1 N–H and O–H groups in total. The summed E-state index contributed by atoms with van der Waals surface area (Å²) in [5.41, 5.74) is 1.09. The van der Waals surface area contributed by atoms with E-state index < -0.39 is 0 Å². The van der Waals surface area contributed by atoms with Gasteiger partial charge in [0.05, 0.1) is 29.3 Å². The first-order valence-corrected chi connectivity index (χ1v) is 8.98. The number of benzene rings is 1. The average molecular weight is 501 g/mol. The molecule has 142 valence electrons. The summed E-state index contributed by atoms with van der Waals surface area (Å²) in [5.74, 6) is 0.861. The van der Waals surface area contributed by atoms with Gasteiger partial charge >= 0.3 is 0 Å². The number of aliphatic imine (C=N–C) groups is 1.